The molecular formula is C18H25NO4. The van der Waals surface area contributed by atoms with Crippen molar-refractivity contribution in [1.29, 1.82) is 0 Å². The summed E-state index contributed by atoms with van der Waals surface area (Å²) in [5, 5.41) is 0. The van der Waals surface area contributed by atoms with Crippen molar-refractivity contribution in [3.63, 3.8) is 0 Å². The highest BCUT2D eigenvalue weighted by atomic mass is 16.6. The molecule has 2 aliphatic heterocycles. The van der Waals surface area contributed by atoms with Gasteiger partial charge in [-0.1, -0.05) is 6.08 Å². The summed E-state index contributed by atoms with van der Waals surface area (Å²) in [7, 11) is 0. The van der Waals surface area contributed by atoms with Gasteiger partial charge in [0.15, 0.2) is 5.60 Å². The summed E-state index contributed by atoms with van der Waals surface area (Å²) in [5.41, 5.74) is -0.199. The van der Waals surface area contributed by atoms with Crippen molar-refractivity contribution in [2.45, 2.75) is 70.1 Å². The van der Waals surface area contributed by atoms with Gasteiger partial charge in [-0.25, -0.2) is 9.59 Å². The number of carbonyl (C=O) groups is 2. The number of amides is 1. The van der Waals surface area contributed by atoms with Crippen LogP contribution >= 0.6 is 0 Å². The van der Waals surface area contributed by atoms with E-state index in [0.717, 1.165) is 37.7 Å². The third-order valence-electron chi connectivity index (χ3n) is 4.72. The predicted octanol–water partition coefficient (Wildman–Crippen LogP) is 3.35. The van der Waals surface area contributed by atoms with Crippen LogP contribution in [0.2, 0.25) is 0 Å². The molecule has 2 atom stereocenters. The minimum atomic E-state index is -0.691. The second kappa shape index (κ2) is 5.69. The molecule has 3 rings (SSSR count). The van der Waals surface area contributed by atoms with E-state index in [9.17, 15) is 9.59 Å². The first-order valence-corrected chi connectivity index (χ1v) is 8.43. The standard InChI is InChI=1S/C18H25NO4/c1-17(2,3)23-16(21)19-12-5-4-8-14(19)18-11-6-7-13(18)9-10-15(20)22-18/h7,9-10,14H,4-6,8,11-12H2,1-3H3/t14-,18-/m1/s1. The molecule has 0 bridgehead atoms. The normalized spacial score (nSPS) is 30.6. The Hall–Kier alpha value is -1.78. The number of hydrogen-bond donors (Lipinski definition) is 0. The number of nitrogens with zero attached hydrogens (tertiary/aromatic N) is 1. The Bertz CT molecular complexity index is 572. The fourth-order valence-electron chi connectivity index (χ4n) is 3.83. The zero-order valence-corrected chi connectivity index (χ0v) is 14.1. The molecule has 0 aromatic heterocycles. The van der Waals surface area contributed by atoms with Crippen LogP contribution in [0.15, 0.2) is 23.8 Å². The number of ether oxygens (including phenoxy) is 2. The highest BCUT2D eigenvalue weighted by Crippen LogP contribution is 2.45. The Balaban J connectivity index is 1.89. The zero-order valence-electron chi connectivity index (χ0n) is 14.1. The molecule has 1 amide bonds. The van der Waals surface area contributed by atoms with E-state index < -0.39 is 11.2 Å². The smallest absolute Gasteiger partial charge is 0.410 e. The second-order valence-electron chi connectivity index (χ2n) is 7.53. The van der Waals surface area contributed by atoms with E-state index in [1.54, 1.807) is 4.90 Å². The van der Waals surface area contributed by atoms with Crippen LogP contribution in [0.3, 0.4) is 0 Å². The van der Waals surface area contributed by atoms with E-state index in [1.807, 2.05) is 26.8 Å². The molecule has 0 N–H and O–H groups in total. The molecule has 126 valence electrons. The van der Waals surface area contributed by atoms with Gasteiger partial charge in [-0.3, -0.25) is 0 Å². The van der Waals surface area contributed by atoms with Crippen LogP contribution in [0.1, 0.15) is 52.9 Å². The van der Waals surface area contributed by atoms with Gasteiger partial charge in [-0.05, 0) is 64.5 Å². The molecule has 0 radical (unpaired) electrons. The highest BCUT2D eigenvalue weighted by Gasteiger charge is 2.52. The summed E-state index contributed by atoms with van der Waals surface area (Å²) in [6, 6.07) is -0.145. The first kappa shape index (κ1) is 16.1. The summed E-state index contributed by atoms with van der Waals surface area (Å²) in [4.78, 5) is 26.3. The Morgan fingerprint density at radius 3 is 2.87 bits per heavy atom. The van der Waals surface area contributed by atoms with Crippen LogP contribution in [-0.4, -0.2) is 40.8 Å². The van der Waals surface area contributed by atoms with Crippen molar-refractivity contribution in [3.8, 4) is 0 Å². The molecule has 1 saturated heterocycles. The average Bonchev–Trinajstić information content (AvgIpc) is 2.89. The lowest BCUT2D eigenvalue weighted by Gasteiger charge is -2.47. The maximum atomic E-state index is 12.7. The molecule has 2 heterocycles. The Morgan fingerprint density at radius 1 is 1.35 bits per heavy atom. The third-order valence-corrected chi connectivity index (χ3v) is 4.72. The molecule has 0 saturated carbocycles. The van der Waals surface area contributed by atoms with Gasteiger partial charge in [-0.15, -0.1) is 0 Å². The first-order valence-electron chi connectivity index (χ1n) is 8.43. The molecule has 0 spiro atoms. The van der Waals surface area contributed by atoms with Crippen LogP contribution in [0.25, 0.3) is 0 Å². The average molecular weight is 319 g/mol. The van der Waals surface area contributed by atoms with Gasteiger partial charge in [0.2, 0.25) is 0 Å². The maximum Gasteiger partial charge on any atom is 0.410 e. The Labute approximate surface area is 137 Å². The van der Waals surface area contributed by atoms with Gasteiger partial charge in [0.1, 0.15) is 5.60 Å². The SMILES string of the molecule is CC(C)(C)OC(=O)N1CCCC[C@@H]1[C@@]12CCC=C1C=CC(=O)O2. The van der Waals surface area contributed by atoms with E-state index in [-0.39, 0.29) is 18.1 Å². The number of hydrogen-bond acceptors (Lipinski definition) is 4. The second-order valence-corrected chi connectivity index (χ2v) is 7.53. The monoisotopic (exact) mass is 319 g/mol. The molecule has 23 heavy (non-hydrogen) atoms. The number of rotatable bonds is 1. The molecule has 1 fully saturated rings. The van der Waals surface area contributed by atoms with Crippen molar-refractivity contribution < 1.29 is 19.1 Å². The summed E-state index contributed by atoms with van der Waals surface area (Å²) < 4.78 is 11.4. The van der Waals surface area contributed by atoms with E-state index in [4.69, 9.17) is 9.47 Å². The summed E-state index contributed by atoms with van der Waals surface area (Å²) >= 11 is 0. The number of allylic oxidation sites excluding steroid dienone is 1. The Morgan fingerprint density at radius 2 is 2.13 bits per heavy atom. The Kier molecular flexibility index (Phi) is 3.98. The van der Waals surface area contributed by atoms with Gasteiger partial charge >= 0.3 is 12.1 Å². The van der Waals surface area contributed by atoms with Crippen LogP contribution in [0.5, 0.6) is 0 Å². The van der Waals surface area contributed by atoms with Crippen molar-refractivity contribution in [2.75, 3.05) is 6.54 Å². The van der Waals surface area contributed by atoms with Crippen molar-refractivity contribution in [1.82, 2.24) is 4.90 Å². The number of piperidine rings is 1. The van der Waals surface area contributed by atoms with Crippen LogP contribution in [-0.2, 0) is 14.3 Å². The summed E-state index contributed by atoms with van der Waals surface area (Å²) in [6.07, 6.45) is 9.54. The highest BCUT2D eigenvalue weighted by molar-refractivity contribution is 5.85. The minimum absolute atomic E-state index is 0.145. The van der Waals surface area contributed by atoms with Crippen LogP contribution in [0.4, 0.5) is 4.79 Å². The number of likely N-dealkylation sites (tertiary alicyclic amines) is 1. The summed E-state index contributed by atoms with van der Waals surface area (Å²) in [6.45, 7) is 6.25. The fourth-order valence-corrected chi connectivity index (χ4v) is 3.83. The van der Waals surface area contributed by atoms with Crippen LogP contribution in [0, 0.1) is 0 Å². The number of esters is 1. The van der Waals surface area contributed by atoms with Crippen LogP contribution < -0.4 is 0 Å². The summed E-state index contributed by atoms with van der Waals surface area (Å²) in [5.74, 6) is -0.321. The zero-order chi connectivity index (χ0) is 16.7. The van der Waals surface area contributed by atoms with Gasteiger partial charge in [-0.2, -0.15) is 0 Å². The van der Waals surface area contributed by atoms with E-state index in [0.29, 0.717) is 6.54 Å². The topological polar surface area (TPSA) is 55.8 Å². The van der Waals surface area contributed by atoms with Gasteiger partial charge in [0.05, 0.1) is 6.04 Å². The fraction of sp³-hybridized carbons (Fsp3) is 0.667. The molecule has 5 nitrogen and oxygen atoms in total. The molecule has 5 heteroatoms. The molecule has 0 aromatic carbocycles. The van der Waals surface area contributed by atoms with Crippen molar-refractivity contribution in [3.05, 3.63) is 23.8 Å². The van der Waals surface area contributed by atoms with Gasteiger partial charge in [0.25, 0.3) is 0 Å². The quantitative estimate of drug-likeness (QED) is 0.696. The van der Waals surface area contributed by atoms with E-state index in [2.05, 4.69) is 6.08 Å². The predicted molar refractivity (Wildman–Crippen MR) is 85.9 cm³/mol. The molecule has 0 unspecified atom stereocenters. The molecule has 0 aromatic rings. The minimum Gasteiger partial charge on any atom is -0.449 e. The van der Waals surface area contributed by atoms with E-state index >= 15 is 0 Å². The largest absolute Gasteiger partial charge is 0.449 e. The lowest BCUT2D eigenvalue weighted by atomic mass is 9.80. The van der Waals surface area contributed by atoms with Crippen molar-refractivity contribution in [2.24, 2.45) is 0 Å². The first-order chi connectivity index (χ1) is 10.8. The maximum absolute atomic E-state index is 12.7. The number of fused-ring (bicyclic) bond motifs is 1. The van der Waals surface area contributed by atoms with E-state index in [1.165, 1.54) is 6.08 Å². The molecule has 1 aliphatic carbocycles. The van der Waals surface area contributed by atoms with Crippen molar-refractivity contribution >= 4 is 12.1 Å². The molecule has 3 aliphatic rings. The third kappa shape index (κ3) is 3.01. The molecular weight excluding hydrogens is 294 g/mol. The lowest BCUT2D eigenvalue weighted by molar-refractivity contribution is -0.158. The van der Waals surface area contributed by atoms with Gasteiger partial charge < -0.3 is 14.4 Å². The lowest BCUT2D eigenvalue weighted by Crippen LogP contribution is -2.59. The number of carbonyl (C=O) groups excluding carboxylic acids is 2. The van der Waals surface area contributed by atoms with Gasteiger partial charge in [0, 0.05) is 12.6 Å².